The van der Waals surface area contributed by atoms with Crippen LogP contribution in [0.4, 0.5) is 0 Å². The van der Waals surface area contributed by atoms with Crippen LogP contribution >= 0.6 is 0 Å². The van der Waals surface area contributed by atoms with Crippen molar-refractivity contribution in [3.8, 4) is 11.5 Å². The molecular formula is C35H38N2O9. The zero-order valence-electron chi connectivity index (χ0n) is 25.7. The van der Waals surface area contributed by atoms with Gasteiger partial charge in [0.2, 0.25) is 0 Å². The van der Waals surface area contributed by atoms with Crippen LogP contribution in [0.3, 0.4) is 0 Å². The van der Waals surface area contributed by atoms with Crippen LogP contribution < -0.4 is 20.7 Å². The van der Waals surface area contributed by atoms with Crippen molar-refractivity contribution in [3.05, 3.63) is 129 Å². The lowest BCUT2D eigenvalue weighted by Gasteiger charge is -2.37. The van der Waals surface area contributed by atoms with E-state index in [-0.39, 0.29) is 6.61 Å². The number of H-pyrrole nitrogens is 1. The zero-order valence-corrected chi connectivity index (χ0v) is 25.7. The monoisotopic (exact) mass is 630 g/mol. The Morgan fingerprint density at radius 2 is 1.50 bits per heavy atom. The minimum atomic E-state index is -1.20. The van der Waals surface area contributed by atoms with E-state index in [9.17, 15) is 14.7 Å². The molecule has 0 bridgehead atoms. The molecule has 0 saturated carbocycles. The van der Waals surface area contributed by atoms with Crippen LogP contribution in [0.25, 0.3) is 0 Å². The van der Waals surface area contributed by atoms with Crippen molar-refractivity contribution in [2.45, 2.75) is 55.7 Å². The average Bonchev–Trinajstić information content (AvgIpc) is 3.40. The number of nitrogens with zero attached hydrogens (tertiary/aromatic N) is 1. The minimum Gasteiger partial charge on any atom is -0.497 e. The summed E-state index contributed by atoms with van der Waals surface area (Å²) in [7, 11) is 3.22. The van der Waals surface area contributed by atoms with E-state index in [1.165, 1.54) is 16.8 Å². The highest BCUT2D eigenvalue weighted by Gasteiger charge is 2.49. The molecule has 46 heavy (non-hydrogen) atoms. The summed E-state index contributed by atoms with van der Waals surface area (Å²) in [6.07, 6.45) is -0.910. The Kier molecular flexibility index (Phi) is 9.67. The molecule has 2 saturated heterocycles. The highest BCUT2D eigenvalue weighted by molar-refractivity contribution is 5.49. The lowest BCUT2D eigenvalue weighted by molar-refractivity contribution is -0.215. The minimum absolute atomic E-state index is 0.0892. The molecule has 6 rings (SSSR count). The van der Waals surface area contributed by atoms with Crippen molar-refractivity contribution >= 4 is 0 Å². The summed E-state index contributed by atoms with van der Waals surface area (Å²) in [5.74, 6) is 1.38. The van der Waals surface area contributed by atoms with Crippen LogP contribution in [-0.4, -0.2) is 66.7 Å². The van der Waals surface area contributed by atoms with E-state index in [0.717, 1.165) is 29.5 Å². The number of benzene rings is 3. The standard InChI is InChI=1S/C35H38N2O9/c1-41-26-15-11-24(12-16-26)35(23-8-4-3-5-9-23,25-13-17-27(42-2)18-14-25)44-22-28-31(39)32(46-30-10-6-7-21-43-30)33(45-28)37-20-19-29(38)36-34(37)40/h3-5,8-9,11-20,28,30-33,39H,6-7,10,21-22H2,1-2H3,(H,36,38,40)/t28-,30-,31-,32+,33+/m1/s1. The second-order valence-corrected chi connectivity index (χ2v) is 11.3. The predicted octanol–water partition coefficient (Wildman–Crippen LogP) is 3.73. The molecule has 2 aliphatic heterocycles. The number of aliphatic hydroxyl groups is 1. The molecule has 3 heterocycles. The van der Waals surface area contributed by atoms with Gasteiger partial charge in [0.15, 0.2) is 12.5 Å². The lowest BCUT2D eigenvalue weighted by atomic mass is 9.80. The molecular weight excluding hydrogens is 592 g/mol. The number of nitrogens with one attached hydrogen (secondary N) is 1. The number of methoxy groups -OCH3 is 2. The van der Waals surface area contributed by atoms with Crippen LogP contribution in [0, 0.1) is 0 Å². The number of rotatable bonds is 11. The number of aromatic nitrogens is 2. The Balaban J connectivity index is 1.39. The van der Waals surface area contributed by atoms with E-state index in [2.05, 4.69) is 4.98 Å². The highest BCUT2D eigenvalue weighted by atomic mass is 16.7. The SMILES string of the molecule is COc1ccc(C(OC[C@H]2O[C@H](n3ccc(=O)[nH]c3=O)[C@@H](O[C@@H]3CCCCO3)[C@@H]2O)(c2ccccc2)c2ccc(OC)cc2)cc1. The van der Waals surface area contributed by atoms with Gasteiger partial charge in [-0.3, -0.25) is 14.3 Å². The molecule has 2 N–H and O–H groups in total. The van der Waals surface area contributed by atoms with Gasteiger partial charge in [0.05, 0.1) is 20.8 Å². The van der Waals surface area contributed by atoms with Gasteiger partial charge in [0.25, 0.3) is 5.56 Å². The average molecular weight is 631 g/mol. The highest BCUT2D eigenvalue weighted by Crippen LogP contribution is 2.43. The van der Waals surface area contributed by atoms with E-state index in [4.69, 9.17) is 28.4 Å². The molecule has 0 amide bonds. The fourth-order valence-electron chi connectivity index (χ4n) is 6.13. The molecule has 2 aliphatic rings. The normalized spacial score (nSPS) is 23.2. The summed E-state index contributed by atoms with van der Waals surface area (Å²) in [5, 5.41) is 11.7. The molecule has 3 aromatic carbocycles. The maximum Gasteiger partial charge on any atom is 0.330 e. The fraction of sp³-hybridized carbons (Fsp3) is 0.371. The summed E-state index contributed by atoms with van der Waals surface area (Å²) in [5.41, 5.74) is 0.0926. The zero-order chi connectivity index (χ0) is 32.1. The number of aliphatic hydroxyl groups excluding tert-OH is 1. The molecule has 0 aliphatic carbocycles. The van der Waals surface area contributed by atoms with Gasteiger partial charge in [-0.2, -0.15) is 0 Å². The molecule has 0 unspecified atom stereocenters. The molecule has 2 fully saturated rings. The van der Waals surface area contributed by atoms with E-state index in [0.29, 0.717) is 24.5 Å². The number of hydrogen-bond acceptors (Lipinski definition) is 9. The van der Waals surface area contributed by atoms with E-state index < -0.39 is 47.7 Å². The maximum absolute atomic E-state index is 12.9. The van der Waals surface area contributed by atoms with Gasteiger partial charge in [-0.15, -0.1) is 0 Å². The first-order chi connectivity index (χ1) is 22.4. The van der Waals surface area contributed by atoms with Crippen LogP contribution in [0.1, 0.15) is 42.2 Å². The predicted molar refractivity (Wildman–Crippen MR) is 168 cm³/mol. The van der Waals surface area contributed by atoms with E-state index in [1.54, 1.807) is 14.2 Å². The van der Waals surface area contributed by atoms with Crippen LogP contribution in [0.15, 0.2) is 101 Å². The molecule has 5 atom stereocenters. The summed E-state index contributed by atoms with van der Waals surface area (Å²) in [6.45, 7) is 0.446. The fourth-order valence-corrected chi connectivity index (χ4v) is 6.13. The topological polar surface area (TPSA) is 130 Å². The van der Waals surface area contributed by atoms with Crippen molar-refractivity contribution in [1.29, 1.82) is 0 Å². The third-order valence-corrected chi connectivity index (χ3v) is 8.52. The van der Waals surface area contributed by atoms with Gasteiger partial charge in [0, 0.05) is 18.9 Å². The maximum atomic E-state index is 12.9. The number of aromatic amines is 1. The van der Waals surface area contributed by atoms with Crippen LogP contribution in [0.5, 0.6) is 11.5 Å². The number of hydrogen-bond donors (Lipinski definition) is 2. The Morgan fingerprint density at radius 3 is 2.07 bits per heavy atom. The molecule has 11 heteroatoms. The van der Waals surface area contributed by atoms with E-state index >= 15 is 0 Å². The van der Waals surface area contributed by atoms with Gasteiger partial charge in [-0.05, 0) is 60.2 Å². The van der Waals surface area contributed by atoms with Crippen LogP contribution in [-0.2, 0) is 24.5 Å². The second kappa shape index (κ2) is 14.0. The molecule has 0 spiro atoms. The van der Waals surface area contributed by atoms with Crippen molar-refractivity contribution in [1.82, 2.24) is 9.55 Å². The number of ether oxygens (including phenoxy) is 6. The third kappa shape index (κ3) is 6.37. The summed E-state index contributed by atoms with van der Waals surface area (Å²) in [6, 6.07) is 26.2. The molecule has 1 aromatic heterocycles. The van der Waals surface area contributed by atoms with Crippen molar-refractivity contribution in [3.63, 3.8) is 0 Å². The quantitative estimate of drug-likeness (QED) is 0.238. The molecule has 0 radical (unpaired) electrons. The van der Waals surface area contributed by atoms with Gasteiger partial charge in [0.1, 0.15) is 35.4 Å². The van der Waals surface area contributed by atoms with Gasteiger partial charge >= 0.3 is 5.69 Å². The van der Waals surface area contributed by atoms with Gasteiger partial charge in [-0.1, -0.05) is 54.6 Å². The smallest absolute Gasteiger partial charge is 0.330 e. The van der Waals surface area contributed by atoms with Crippen LogP contribution in [0.2, 0.25) is 0 Å². The molecule has 4 aromatic rings. The van der Waals surface area contributed by atoms with Gasteiger partial charge < -0.3 is 33.5 Å². The van der Waals surface area contributed by atoms with Gasteiger partial charge in [-0.25, -0.2) is 4.79 Å². The van der Waals surface area contributed by atoms with Crippen molar-refractivity contribution < 1.29 is 33.5 Å². The van der Waals surface area contributed by atoms with Crippen molar-refractivity contribution in [2.75, 3.05) is 27.4 Å². The summed E-state index contributed by atoms with van der Waals surface area (Å²) < 4.78 is 37.5. The Bertz CT molecular complexity index is 1630. The molecule has 11 nitrogen and oxygen atoms in total. The van der Waals surface area contributed by atoms with Crippen molar-refractivity contribution in [2.24, 2.45) is 0 Å². The summed E-state index contributed by atoms with van der Waals surface area (Å²) in [4.78, 5) is 27.0. The Labute approximate surface area is 266 Å². The Hall–Kier alpha value is -4.26. The first-order valence-corrected chi connectivity index (χ1v) is 15.3. The lowest BCUT2D eigenvalue weighted by Crippen LogP contribution is -2.43. The largest absolute Gasteiger partial charge is 0.497 e. The first-order valence-electron chi connectivity index (χ1n) is 15.3. The Morgan fingerprint density at radius 1 is 0.870 bits per heavy atom. The first kappa shape index (κ1) is 31.7. The van der Waals surface area contributed by atoms with E-state index in [1.807, 2.05) is 78.9 Å². The second-order valence-electron chi connectivity index (χ2n) is 11.3. The summed E-state index contributed by atoms with van der Waals surface area (Å²) >= 11 is 0. The molecule has 242 valence electrons. The third-order valence-electron chi connectivity index (χ3n) is 8.52.